The number of carbonyl (C=O) groups excluding carboxylic acids is 3. The topological polar surface area (TPSA) is 156 Å². The Labute approximate surface area is 254 Å². The fraction of sp³-hybridized carbons (Fsp3) is 0.667. The molecule has 1 aliphatic heterocycles. The SMILES string of the molecule is CCCC/C=C/C=C/C=C\CCCCCCCC(=O)OCC1(CO)COC(=O)CC(S(=O)(=O)[O-])C(=O)OC1.[Na+]. The zero-order valence-electron chi connectivity index (χ0n) is 23.2. The molecule has 2 atom stereocenters. The van der Waals surface area contributed by atoms with Gasteiger partial charge in [-0.15, -0.1) is 0 Å². The average Bonchev–Trinajstić information content (AvgIpc) is 2.94. The quantitative estimate of drug-likeness (QED) is 0.0642. The molecule has 0 spiro atoms. The largest absolute Gasteiger partial charge is 1.00 e. The normalized spacial score (nSPS) is 20.7. The Morgan fingerprint density at radius 2 is 1.59 bits per heavy atom. The predicted octanol–water partition coefficient (Wildman–Crippen LogP) is 0.506. The first kappa shape index (κ1) is 37.5. The first-order valence-corrected chi connectivity index (χ1v) is 14.6. The summed E-state index contributed by atoms with van der Waals surface area (Å²) in [5.74, 6) is -3.04. The summed E-state index contributed by atoms with van der Waals surface area (Å²) in [6.07, 6.45) is 20.7. The van der Waals surface area contributed by atoms with E-state index in [-0.39, 0.29) is 36.0 Å². The maximum atomic E-state index is 12.2. The van der Waals surface area contributed by atoms with Crippen molar-refractivity contribution in [2.24, 2.45) is 5.41 Å². The first-order chi connectivity index (χ1) is 18.1. The van der Waals surface area contributed by atoms with Crippen molar-refractivity contribution < 1.29 is 76.2 Å². The third kappa shape index (κ3) is 17.0. The third-order valence-corrected chi connectivity index (χ3v) is 7.04. The molecule has 2 unspecified atom stereocenters. The second-order valence-electron chi connectivity index (χ2n) is 9.46. The van der Waals surface area contributed by atoms with Gasteiger partial charge in [0.05, 0.1) is 18.4 Å². The van der Waals surface area contributed by atoms with E-state index in [4.69, 9.17) is 14.2 Å². The van der Waals surface area contributed by atoms with Crippen LogP contribution >= 0.6 is 0 Å². The van der Waals surface area contributed by atoms with Gasteiger partial charge in [-0.1, -0.05) is 75.5 Å². The summed E-state index contributed by atoms with van der Waals surface area (Å²) in [6.45, 7) is 0.0276. The van der Waals surface area contributed by atoms with Crippen LogP contribution in [-0.2, 0) is 38.7 Å². The van der Waals surface area contributed by atoms with Crippen molar-refractivity contribution in [3.8, 4) is 0 Å². The molecule has 0 aromatic rings. The van der Waals surface area contributed by atoms with Gasteiger partial charge in [0.1, 0.15) is 29.9 Å². The molecule has 39 heavy (non-hydrogen) atoms. The molecule has 0 amide bonds. The Kier molecular flexibility index (Phi) is 20.5. The standard InChI is InChI=1S/C27H42O10S.Na/c1-2-3-4-5-6-7-8-9-10-11-12-13-14-15-16-17-24(29)35-20-27(19-28)21-36-25(30)18-23(38(32,33)34)26(31)37-22-27;/h5-10,23,28H,2-4,11-22H2,1H3,(H,32,33,34);/q;+1/p-1/b6-5+,8-7+,10-9-;. The molecule has 0 aliphatic carbocycles. The van der Waals surface area contributed by atoms with Crippen LogP contribution in [0.3, 0.4) is 0 Å². The van der Waals surface area contributed by atoms with Gasteiger partial charge in [0.25, 0.3) is 0 Å². The van der Waals surface area contributed by atoms with Crippen LogP contribution in [0.2, 0.25) is 0 Å². The van der Waals surface area contributed by atoms with E-state index in [1.807, 2.05) is 18.2 Å². The Hall–Kier alpha value is -1.50. The number of allylic oxidation sites excluding steroid dienone is 6. The molecule has 1 saturated heterocycles. The Morgan fingerprint density at radius 3 is 2.21 bits per heavy atom. The second kappa shape index (κ2) is 21.3. The van der Waals surface area contributed by atoms with E-state index < -0.39 is 71.5 Å². The van der Waals surface area contributed by atoms with Crippen LogP contribution in [0.25, 0.3) is 0 Å². The molecule has 216 valence electrons. The zero-order valence-corrected chi connectivity index (χ0v) is 26.0. The van der Waals surface area contributed by atoms with Gasteiger partial charge in [-0.3, -0.25) is 14.4 Å². The number of ether oxygens (including phenoxy) is 3. The van der Waals surface area contributed by atoms with E-state index >= 15 is 0 Å². The van der Waals surface area contributed by atoms with Crippen LogP contribution in [0.4, 0.5) is 0 Å². The number of hydrogen-bond acceptors (Lipinski definition) is 10. The smallest absolute Gasteiger partial charge is 0.747 e. The Bertz CT molecular complexity index is 929. The van der Waals surface area contributed by atoms with E-state index in [0.29, 0.717) is 6.42 Å². The van der Waals surface area contributed by atoms with Gasteiger partial charge in [-0.05, 0) is 25.7 Å². The van der Waals surface area contributed by atoms with Gasteiger partial charge in [0, 0.05) is 6.42 Å². The molecule has 1 N–H and O–H groups in total. The Morgan fingerprint density at radius 1 is 1.00 bits per heavy atom. The molecule has 10 nitrogen and oxygen atoms in total. The van der Waals surface area contributed by atoms with E-state index in [1.54, 1.807) is 0 Å². The maximum Gasteiger partial charge on any atom is 1.00 e. The van der Waals surface area contributed by atoms with Gasteiger partial charge in [-0.25, -0.2) is 8.42 Å². The number of rotatable bonds is 17. The maximum absolute atomic E-state index is 12.2. The van der Waals surface area contributed by atoms with Crippen molar-refractivity contribution in [1.82, 2.24) is 0 Å². The number of unbranched alkanes of at least 4 members (excludes halogenated alkanes) is 7. The molecular formula is C27H41NaO10S. The van der Waals surface area contributed by atoms with E-state index in [1.165, 1.54) is 12.8 Å². The number of aliphatic hydroxyl groups excluding tert-OH is 1. The Balaban J connectivity index is 0.0000144. The fourth-order valence-electron chi connectivity index (χ4n) is 3.49. The average molecular weight is 581 g/mol. The van der Waals surface area contributed by atoms with Crippen molar-refractivity contribution in [2.45, 2.75) is 82.8 Å². The van der Waals surface area contributed by atoms with Crippen molar-refractivity contribution >= 4 is 28.0 Å². The predicted molar refractivity (Wildman–Crippen MR) is 140 cm³/mol. The van der Waals surface area contributed by atoms with E-state index in [0.717, 1.165) is 38.5 Å². The minimum atomic E-state index is -5.14. The van der Waals surface area contributed by atoms with Gasteiger partial charge in [0.2, 0.25) is 0 Å². The summed E-state index contributed by atoms with van der Waals surface area (Å²) in [7, 11) is -5.14. The van der Waals surface area contributed by atoms with Gasteiger partial charge < -0.3 is 23.9 Å². The number of aliphatic hydroxyl groups is 1. The summed E-state index contributed by atoms with van der Waals surface area (Å²) in [4.78, 5) is 36.0. The van der Waals surface area contributed by atoms with E-state index in [9.17, 15) is 32.5 Å². The molecule has 1 rings (SSSR count). The minimum absolute atomic E-state index is 0. The molecule has 0 saturated carbocycles. The van der Waals surface area contributed by atoms with Crippen LogP contribution in [0.15, 0.2) is 36.5 Å². The number of esters is 3. The molecule has 1 heterocycles. The summed E-state index contributed by atoms with van der Waals surface area (Å²) >= 11 is 0. The molecular weight excluding hydrogens is 539 g/mol. The molecule has 0 aromatic carbocycles. The zero-order chi connectivity index (χ0) is 28.3. The molecule has 0 radical (unpaired) electrons. The minimum Gasteiger partial charge on any atom is -0.747 e. The monoisotopic (exact) mass is 580 g/mol. The van der Waals surface area contributed by atoms with Crippen LogP contribution in [0.5, 0.6) is 0 Å². The first-order valence-electron chi connectivity index (χ1n) is 13.2. The van der Waals surface area contributed by atoms with Crippen LogP contribution in [-0.4, -0.2) is 67.7 Å². The summed E-state index contributed by atoms with van der Waals surface area (Å²) < 4.78 is 48.8. The van der Waals surface area contributed by atoms with Crippen molar-refractivity contribution in [2.75, 3.05) is 26.4 Å². The third-order valence-electron chi connectivity index (χ3n) is 5.98. The summed E-state index contributed by atoms with van der Waals surface area (Å²) in [6, 6.07) is 0. The summed E-state index contributed by atoms with van der Waals surface area (Å²) in [5.41, 5.74) is -1.46. The van der Waals surface area contributed by atoms with Gasteiger partial charge in [0.15, 0.2) is 5.25 Å². The molecule has 1 fully saturated rings. The van der Waals surface area contributed by atoms with Gasteiger partial charge >= 0.3 is 47.5 Å². The second-order valence-corrected chi connectivity index (χ2v) is 11.0. The van der Waals surface area contributed by atoms with E-state index in [2.05, 4.69) is 25.2 Å². The fourth-order valence-corrected chi connectivity index (χ4v) is 4.14. The molecule has 0 aromatic heterocycles. The van der Waals surface area contributed by atoms with Crippen molar-refractivity contribution in [3.63, 3.8) is 0 Å². The number of carbonyl (C=O) groups is 3. The number of cyclic esters (lactones) is 2. The van der Waals surface area contributed by atoms with Crippen molar-refractivity contribution in [3.05, 3.63) is 36.5 Å². The van der Waals surface area contributed by atoms with Crippen molar-refractivity contribution in [1.29, 1.82) is 0 Å². The number of hydrogen-bond donors (Lipinski definition) is 1. The van der Waals surface area contributed by atoms with Crippen LogP contribution in [0, 0.1) is 5.41 Å². The van der Waals surface area contributed by atoms with Gasteiger partial charge in [-0.2, -0.15) is 0 Å². The van der Waals surface area contributed by atoms with Crippen LogP contribution < -0.4 is 29.6 Å². The molecule has 12 heteroatoms. The molecule has 0 bridgehead atoms. The van der Waals surface area contributed by atoms with Crippen LogP contribution in [0.1, 0.15) is 77.6 Å². The summed E-state index contributed by atoms with van der Waals surface area (Å²) in [5, 5.41) is 7.58. The molecule has 1 aliphatic rings.